The number of thiol groups is 1. The molecule has 2 rings (SSSR count). The van der Waals surface area contributed by atoms with Crippen molar-refractivity contribution in [2.24, 2.45) is 0 Å². The van der Waals surface area contributed by atoms with Crippen LogP contribution in [0.2, 0.25) is 5.02 Å². The third-order valence-corrected chi connectivity index (χ3v) is 5.69. The third kappa shape index (κ3) is 6.73. The molecule has 0 aromatic heterocycles. The molecule has 1 atom stereocenters. The second kappa shape index (κ2) is 9.98. The Kier molecular flexibility index (Phi) is 7.97. The molecule has 2 aromatic carbocycles. The number of halogens is 1. The molecule has 0 bridgehead atoms. The maximum atomic E-state index is 12.3. The van der Waals surface area contributed by atoms with Crippen LogP contribution in [0.5, 0.6) is 5.75 Å². The first-order chi connectivity index (χ1) is 12.8. The maximum absolute atomic E-state index is 12.3. The van der Waals surface area contributed by atoms with E-state index in [-0.39, 0.29) is 23.3 Å². The number of benzene rings is 2. The smallest absolute Gasteiger partial charge is 0.344 e. The number of hydrogen-bond acceptors (Lipinski definition) is 6. The molecular formula is C18H20ClNO5S2. The summed E-state index contributed by atoms with van der Waals surface area (Å²) in [5, 5.41) is 0.109. The number of rotatable bonds is 9. The first-order valence-corrected chi connectivity index (χ1v) is 10.5. The molecule has 146 valence electrons. The lowest BCUT2D eigenvalue weighted by Crippen LogP contribution is -2.27. The highest BCUT2D eigenvalue weighted by Crippen LogP contribution is 2.23. The molecule has 9 heteroatoms. The van der Waals surface area contributed by atoms with Crippen LogP contribution in [0.4, 0.5) is 0 Å². The van der Waals surface area contributed by atoms with E-state index in [0.29, 0.717) is 17.4 Å². The summed E-state index contributed by atoms with van der Waals surface area (Å²) in [5.41, 5.74) is 0.806. The maximum Gasteiger partial charge on any atom is 0.344 e. The molecule has 0 saturated heterocycles. The Morgan fingerprint density at radius 1 is 1.15 bits per heavy atom. The summed E-state index contributed by atoms with van der Waals surface area (Å²) in [4.78, 5) is 11.4. The first kappa shape index (κ1) is 21.6. The number of nitrogens with one attached hydrogen (secondary N) is 1. The average Bonchev–Trinajstić information content (AvgIpc) is 2.65. The largest absolute Gasteiger partial charge is 0.482 e. The van der Waals surface area contributed by atoms with Gasteiger partial charge in [-0.25, -0.2) is 17.9 Å². The fraction of sp³-hybridized carbons (Fsp3) is 0.278. The molecule has 0 fully saturated rings. The van der Waals surface area contributed by atoms with Gasteiger partial charge in [0.15, 0.2) is 6.61 Å². The van der Waals surface area contributed by atoms with Gasteiger partial charge in [-0.15, -0.1) is 0 Å². The molecule has 1 unspecified atom stereocenters. The second-order valence-electron chi connectivity index (χ2n) is 5.48. The fourth-order valence-corrected chi connectivity index (χ4v) is 3.69. The highest BCUT2D eigenvalue weighted by molar-refractivity contribution is 7.89. The zero-order valence-corrected chi connectivity index (χ0v) is 17.1. The quantitative estimate of drug-likeness (QED) is 0.472. The van der Waals surface area contributed by atoms with Gasteiger partial charge in [-0.1, -0.05) is 23.7 Å². The van der Waals surface area contributed by atoms with E-state index in [1.54, 1.807) is 31.2 Å². The van der Waals surface area contributed by atoms with Crippen LogP contribution >= 0.6 is 24.2 Å². The zero-order valence-electron chi connectivity index (χ0n) is 14.6. The van der Waals surface area contributed by atoms with Crippen LogP contribution in [0.3, 0.4) is 0 Å². The second-order valence-corrected chi connectivity index (χ2v) is 8.31. The molecule has 0 heterocycles. The number of carbonyl (C=O) groups is 1. The Bertz CT molecular complexity index is 854. The van der Waals surface area contributed by atoms with Crippen LogP contribution < -0.4 is 9.46 Å². The van der Waals surface area contributed by atoms with E-state index in [1.165, 1.54) is 24.3 Å². The number of esters is 1. The highest BCUT2D eigenvalue weighted by Gasteiger charge is 2.16. The van der Waals surface area contributed by atoms with Gasteiger partial charge in [-0.05, 0) is 48.9 Å². The molecule has 0 aliphatic carbocycles. The standard InChI is InChI=1S/C18H20ClNO5S2/c1-2-24-18(21)12-25-15-7-3-13(4-8-15)17(26)11-20-27(22,23)16-9-5-14(19)6-10-16/h3-10,17,20,26H,2,11-12H2,1H3. The van der Waals surface area contributed by atoms with E-state index in [9.17, 15) is 13.2 Å². The van der Waals surface area contributed by atoms with Crippen LogP contribution in [0.1, 0.15) is 17.7 Å². The Morgan fingerprint density at radius 3 is 2.37 bits per heavy atom. The van der Waals surface area contributed by atoms with Gasteiger partial charge in [-0.3, -0.25) is 0 Å². The van der Waals surface area contributed by atoms with Crippen LogP contribution in [0.25, 0.3) is 0 Å². The Morgan fingerprint density at radius 2 is 1.78 bits per heavy atom. The van der Waals surface area contributed by atoms with Gasteiger partial charge in [0.25, 0.3) is 0 Å². The summed E-state index contributed by atoms with van der Waals surface area (Å²) in [6, 6.07) is 12.8. The van der Waals surface area contributed by atoms with Crippen molar-refractivity contribution in [2.45, 2.75) is 17.1 Å². The number of hydrogen-bond donors (Lipinski definition) is 2. The summed E-state index contributed by atoms with van der Waals surface area (Å²) in [7, 11) is -3.65. The van der Waals surface area contributed by atoms with Crippen molar-refractivity contribution in [2.75, 3.05) is 19.8 Å². The van der Waals surface area contributed by atoms with Gasteiger partial charge in [0.05, 0.1) is 11.5 Å². The number of ether oxygens (including phenoxy) is 2. The summed E-state index contributed by atoms with van der Waals surface area (Å²) < 4.78 is 37.2. The molecule has 1 N–H and O–H groups in total. The third-order valence-electron chi connectivity index (χ3n) is 3.52. The molecular weight excluding hydrogens is 410 g/mol. The summed E-state index contributed by atoms with van der Waals surface area (Å²) >= 11 is 10.2. The SMILES string of the molecule is CCOC(=O)COc1ccc(C(S)CNS(=O)(=O)c2ccc(Cl)cc2)cc1. The minimum Gasteiger partial charge on any atom is -0.482 e. The van der Waals surface area contributed by atoms with Crippen LogP contribution in [0.15, 0.2) is 53.4 Å². The monoisotopic (exact) mass is 429 g/mol. The van der Waals surface area contributed by atoms with Crippen LogP contribution in [0, 0.1) is 0 Å². The lowest BCUT2D eigenvalue weighted by Gasteiger charge is -2.14. The summed E-state index contributed by atoms with van der Waals surface area (Å²) in [6.45, 7) is 1.96. The topological polar surface area (TPSA) is 81.7 Å². The van der Waals surface area contributed by atoms with Gasteiger partial charge in [0, 0.05) is 16.8 Å². The van der Waals surface area contributed by atoms with E-state index >= 15 is 0 Å². The van der Waals surface area contributed by atoms with Crippen molar-refractivity contribution in [1.82, 2.24) is 4.72 Å². The van der Waals surface area contributed by atoms with Crippen molar-refractivity contribution >= 4 is 40.2 Å². The zero-order chi connectivity index (χ0) is 19.9. The lowest BCUT2D eigenvalue weighted by atomic mass is 10.1. The minimum atomic E-state index is -3.65. The Labute approximate surface area is 169 Å². The predicted octanol–water partition coefficient (Wildman–Crippen LogP) is 3.23. The Hall–Kier alpha value is -1.74. The van der Waals surface area contributed by atoms with E-state index in [0.717, 1.165) is 5.56 Å². The van der Waals surface area contributed by atoms with Gasteiger partial charge in [-0.2, -0.15) is 12.6 Å². The van der Waals surface area contributed by atoms with Crippen molar-refractivity contribution in [3.05, 3.63) is 59.1 Å². The predicted molar refractivity (Wildman–Crippen MR) is 107 cm³/mol. The molecule has 2 aromatic rings. The average molecular weight is 430 g/mol. The molecule has 0 spiro atoms. The van der Waals surface area contributed by atoms with Crippen molar-refractivity contribution in [1.29, 1.82) is 0 Å². The minimum absolute atomic E-state index is 0.108. The molecule has 0 amide bonds. The summed E-state index contributed by atoms with van der Waals surface area (Å²) in [5.74, 6) is 0.0688. The van der Waals surface area contributed by atoms with Crippen molar-refractivity contribution in [3.8, 4) is 5.75 Å². The van der Waals surface area contributed by atoms with Crippen molar-refractivity contribution in [3.63, 3.8) is 0 Å². The molecule has 27 heavy (non-hydrogen) atoms. The highest BCUT2D eigenvalue weighted by atomic mass is 35.5. The first-order valence-electron chi connectivity index (χ1n) is 8.13. The summed E-state index contributed by atoms with van der Waals surface area (Å²) in [6.07, 6.45) is 0. The van der Waals surface area contributed by atoms with Gasteiger partial charge >= 0.3 is 5.97 Å². The van der Waals surface area contributed by atoms with Gasteiger partial charge in [0.1, 0.15) is 5.75 Å². The molecule has 0 aliphatic heterocycles. The number of carbonyl (C=O) groups excluding carboxylic acids is 1. The van der Waals surface area contributed by atoms with Crippen LogP contribution in [-0.2, 0) is 19.6 Å². The van der Waals surface area contributed by atoms with Crippen molar-refractivity contribution < 1.29 is 22.7 Å². The van der Waals surface area contributed by atoms with Crippen LogP contribution in [-0.4, -0.2) is 34.1 Å². The lowest BCUT2D eigenvalue weighted by molar-refractivity contribution is -0.145. The van der Waals surface area contributed by atoms with E-state index in [1.807, 2.05) is 0 Å². The molecule has 6 nitrogen and oxygen atoms in total. The Balaban J connectivity index is 1.91. The van der Waals surface area contributed by atoms with Gasteiger partial charge in [0.2, 0.25) is 10.0 Å². The van der Waals surface area contributed by atoms with Gasteiger partial charge < -0.3 is 9.47 Å². The fourth-order valence-electron chi connectivity index (χ4n) is 2.13. The van der Waals surface area contributed by atoms with E-state index in [4.69, 9.17) is 21.1 Å². The molecule has 0 radical (unpaired) electrons. The normalized spacial score (nSPS) is 12.4. The number of sulfonamides is 1. The van der Waals surface area contributed by atoms with E-state index < -0.39 is 16.0 Å². The van der Waals surface area contributed by atoms with E-state index in [2.05, 4.69) is 17.4 Å². The molecule has 0 saturated carbocycles. The molecule has 0 aliphatic rings.